The zero-order valence-corrected chi connectivity index (χ0v) is 29.5. The van der Waals surface area contributed by atoms with Crippen molar-refractivity contribution in [1.29, 1.82) is 0 Å². The molecule has 56 heavy (non-hydrogen) atoms. The number of hydrogen-bond donors (Lipinski definition) is 17. The lowest BCUT2D eigenvalue weighted by molar-refractivity contribution is -0.382. The summed E-state index contributed by atoms with van der Waals surface area (Å²) in [6.45, 7) is -10.6. The van der Waals surface area contributed by atoms with E-state index in [0.29, 0.717) is 0 Å². The van der Waals surface area contributed by atoms with Crippen molar-refractivity contribution in [1.82, 2.24) is 0 Å². The van der Waals surface area contributed by atoms with Gasteiger partial charge in [0.1, 0.15) is 125 Å². The molecule has 0 aliphatic carbocycles. The monoisotopic (exact) mass is 828 g/mol. The normalized spacial score (nSPS) is 52.1. The van der Waals surface area contributed by atoms with Gasteiger partial charge in [0.05, 0.1) is 33.0 Å². The van der Waals surface area contributed by atoms with Gasteiger partial charge in [-0.3, -0.25) is 0 Å². The molecule has 328 valence electrons. The first kappa shape index (κ1) is 46.0. The predicted molar refractivity (Wildman–Crippen MR) is 167 cm³/mol. The van der Waals surface area contributed by atoms with Gasteiger partial charge in [0.25, 0.3) is 0 Å². The Labute approximate surface area is 316 Å². The summed E-state index contributed by atoms with van der Waals surface area (Å²) in [5.41, 5.74) is 0. The van der Waals surface area contributed by atoms with E-state index in [0.717, 1.165) is 0 Å². The van der Waals surface area contributed by atoms with Gasteiger partial charge >= 0.3 is 0 Å². The molecule has 5 saturated heterocycles. The summed E-state index contributed by atoms with van der Waals surface area (Å²) in [4.78, 5) is 0. The molecule has 0 radical (unpaired) electrons. The van der Waals surface area contributed by atoms with Crippen LogP contribution in [0.4, 0.5) is 0 Å². The number of rotatable bonds is 18. The molecule has 0 amide bonds. The highest BCUT2D eigenvalue weighted by molar-refractivity contribution is 5.04. The van der Waals surface area contributed by atoms with Crippen LogP contribution in [0.25, 0.3) is 0 Å². The van der Waals surface area contributed by atoms with Crippen LogP contribution in [0.1, 0.15) is 0 Å². The minimum atomic E-state index is -2.80. The van der Waals surface area contributed by atoms with E-state index in [4.69, 9.17) is 42.6 Å². The molecule has 5 fully saturated rings. The van der Waals surface area contributed by atoms with Gasteiger partial charge < -0.3 is 129 Å². The number of hydrogen-bond acceptors (Lipinski definition) is 26. The number of aliphatic hydroxyl groups excluding tert-OH is 16. The second-order valence-corrected chi connectivity index (χ2v) is 14.3. The Bertz CT molecular complexity index is 1290. The van der Waals surface area contributed by atoms with Gasteiger partial charge in [-0.25, -0.2) is 0 Å². The van der Waals surface area contributed by atoms with Crippen molar-refractivity contribution in [2.75, 3.05) is 66.1 Å². The predicted octanol–water partition coefficient (Wildman–Crippen LogP) is -11.9. The molecule has 0 unspecified atom stereocenters. The molecule has 0 aromatic rings. The van der Waals surface area contributed by atoms with E-state index in [1.54, 1.807) is 0 Å². The Hall–Kier alpha value is -1.04. The van der Waals surface area contributed by atoms with Gasteiger partial charge in [0.2, 0.25) is 28.9 Å². The van der Waals surface area contributed by atoms with Crippen LogP contribution in [0, 0.1) is 0 Å². The van der Waals surface area contributed by atoms with Crippen molar-refractivity contribution in [2.24, 2.45) is 0 Å². The third-order valence-corrected chi connectivity index (χ3v) is 10.7. The molecule has 5 aliphatic heterocycles. The number of ether oxygens (including phenoxy) is 9. The molecule has 0 bridgehead atoms. The molecule has 5 heterocycles. The Morgan fingerprint density at radius 2 is 0.589 bits per heavy atom. The van der Waals surface area contributed by atoms with Gasteiger partial charge in [0, 0.05) is 0 Å². The average Bonchev–Trinajstić information content (AvgIpc) is 3.86. The third kappa shape index (κ3) is 7.85. The molecule has 20 atom stereocenters. The Morgan fingerprint density at radius 1 is 0.339 bits per heavy atom. The van der Waals surface area contributed by atoms with Crippen molar-refractivity contribution in [3.05, 3.63) is 0 Å². The molecule has 17 N–H and O–H groups in total. The van der Waals surface area contributed by atoms with Crippen LogP contribution >= 0.6 is 0 Å². The fourth-order valence-electron chi connectivity index (χ4n) is 7.19. The van der Waals surface area contributed by atoms with Crippen LogP contribution in [-0.4, -0.2) is 273 Å². The lowest BCUT2D eigenvalue weighted by atomic mass is 10.0. The average molecular weight is 829 g/mol. The molecular weight excluding hydrogens is 776 g/mol. The molecular formula is C30H52O26. The zero-order chi connectivity index (χ0) is 41.6. The second kappa shape index (κ2) is 17.5. The summed E-state index contributed by atoms with van der Waals surface area (Å²) >= 11 is 0. The fraction of sp³-hybridized carbons (Fsp3) is 1.00. The minimum absolute atomic E-state index is 0.851. The quantitative estimate of drug-likeness (QED) is 0.0610. The summed E-state index contributed by atoms with van der Waals surface area (Å²) in [5, 5.41) is 177. The van der Waals surface area contributed by atoms with Crippen LogP contribution < -0.4 is 0 Å². The molecule has 26 nitrogen and oxygen atoms in total. The zero-order valence-electron chi connectivity index (χ0n) is 29.5. The highest BCUT2D eigenvalue weighted by atomic mass is 16.8. The highest BCUT2D eigenvalue weighted by Crippen LogP contribution is 2.43. The summed E-state index contributed by atoms with van der Waals surface area (Å²) in [6, 6.07) is 0. The first-order chi connectivity index (χ1) is 26.3. The Morgan fingerprint density at radius 3 is 0.875 bits per heavy atom. The molecule has 0 spiro atoms. The van der Waals surface area contributed by atoms with Gasteiger partial charge in [-0.15, -0.1) is 0 Å². The van der Waals surface area contributed by atoms with E-state index < -0.39 is 187 Å². The van der Waals surface area contributed by atoms with E-state index in [1.807, 2.05) is 0 Å². The van der Waals surface area contributed by atoms with Crippen LogP contribution in [0.2, 0.25) is 0 Å². The molecule has 0 saturated carbocycles. The first-order valence-corrected chi connectivity index (χ1v) is 17.5. The van der Waals surface area contributed by atoms with E-state index in [9.17, 15) is 86.8 Å². The van der Waals surface area contributed by atoms with E-state index in [1.165, 1.54) is 0 Å². The van der Waals surface area contributed by atoms with Crippen LogP contribution in [0.15, 0.2) is 0 Å². The van der Waals surface area contributed by atoms with Crippen molar-refractivity contribution in [2.45, 2.75) is 120 Å². The molecule has 0 aromatic heterocycles. The van der Waals surface area contributed by atoms with E-state index in [2.05, 4.69) is 0 Å². The van der Waals surface area contributed by atoms with E-state index in [-0.39, 0.29) is 0 Å². The molecule has 0 aromatic carbocycles. The van der Waals surface area contributed by atoms with Crippen molar-refractivity contribution >= 4 is 0 Å². The molecule has 5 rings (SSSR count). The van der Waals surface area contributed by atoms with Crippen molar-refractivity contribution in [3.63, 3.8) is 0 Å². The Kier molecular flexibility index (Phi) is 14.4. The van der Waals surface area contributed by atoms with E-state index >= 15 is 0 Å². The van der Waals surface area contributed by atoms with Crippen molar-refractivity contribution in [3.8, 4) is 0 Å². The lowest BCUT2D eigenvalue weighted by Gasteiger charge is -2.41. The third-order valence-electron chi connectivity index (χ3n) is 10.7. The van der Waals surface area contributed by atoms with Gasteiger partial charge in [0.15, 0.2) is 0 Å². The summed E-state index contributed by atoms with van der Waals surface area (Å²) in [5.74, 6) is -13.5. The Balaban J connectivity index is 1.45. The minimum Gasteiger partial charge on any atom is -0.394 e. The lowest BCUT2D eigenvalue weighted by Crippen LogP contribution is -2.60. The molecule has 26 heteroatoms. The van der Waals surface area contributed by atoms with Crippen LogP contribution in [-0.2, 0) is 42.6 Å². The number of aliphatic hydroxyl groups is 17. The smallest absolute Gasteiger partial charge is 0.222 e. The van der Waals surface area contributed by atoms with Gasteiger partial charge in [-0.05, 0) is 0 Å². The standard InChI is InChI=1S/C30H52O26/c31-1-11-16(37)21(42)26(47,52-11)7-48-28(23(44)18(39)13(3-33)54-28)9-50-30(25(46)20(41)15(5-35)56-30)10-51-29(24(45)19(40)14(4-34)55-29)8-49-27(6-36)22(43)17(38)12(2-32)53-27/h11-25,31-47H,1-10H2/t11-,12-,13-,14-,15-,16-,17-,18-,19-,20-,21+,22+,23+,24+,25+,26-,27-,28-,29-,30-/m1/s1. The van der Waals surface area contributed by atoms with Crippen molar-refractivity contribution < 1.29 is 129 Å². The summed E-state index contributed by atoms with van der Waals surface area (Å²) < 4.78 is 50.2. The molecule has 5 aliphatic rings. The highest BCUT2D eigenvalue weighted by Gasteiger charge is 2.65. The van der Waals surface area contributed by atoms with Gasteiger partial charge in [-0.1, -0.05) is 0 Å². The topological polar surface area (TPSA) is 427 Å². The van der Waals surface area contributed by atoms with Crippen LogP contribution in [0.3, 0.4) is 0 Å². The largest absolute Gasteiger partial charge is 0.394 e. The summed E-state index contributed by atoms with van der Waals surface area (Å²) in [6.07, 6.45) is -28.2. The maximum atomic E-state index is 11.3. The maximum Gasteiger partial charge on any atom is 0.222 e. The fourth-order valence-corrected chi connectivity index (χ4v) is 7.19. The second-order valence-electron chi connectivity index (χ2n) is 14.3. The maximum absolute atomic E-state index is 11.3. The SMILES string of the molecule is OC[C@H]1O[C@@](CO)(OC[C@@]2(OC[C@@]3(OC[C@@]4(OC[C@@]5(O)O[C@H](CO)[C@@H](O)[C@@H]5O)O[C@H](CO)[C@@H](O)[C@@H]4O)O[C@H](CO)[C@@H](O)[C@@H]3O)O[C@H](CO)[C@@H](O)[C@@H]2O)[C@@H](O)[C@@H]1O. The van der Waals surface area contributed by atoms with Gasteiger partial charge in [-0.2, -0.15) is 0 Å². The van der Waals surface area contributed by atoms with Crippen LogP contribution in [0.5, 0.6) is 0 Å². The first-order valence-electron chi connectivity index (χ1n) is 17.5. The summed E-state index contributed by atoms with van der Waals surface area (Å²) in [7, 11) is 0.